The molecule has 21 heavy (non-hydrogen) atoms. The van der Waals surface area contributed by atoms with Gasteiger partial charge in [0, 0.05) is 19.1 Å². The molecule has 1 aromatic carbocycles. The van der Waals surface area contributed by atoms with Crippen molar-refractivity contribution < 1.29 is 9.53 Å². The number of nitrogens with two attached hydrogens (primary N) is 1. The molecule has 2 N–H and O–H groups in total. The Morgan fingerprint density at radius 2 is 2.05 bits per heavy atom. The van der Waals surface area contributed by atoms with Gasteiger partial charge in [0.15, 0.2) is 0 Å². The molecule has 1 aromatic rings. The van der Waals surface area contributed by atoms with E-state index in [0.29, 0.717) is 31.7 Å². The summed E-state index contributed by atoms with van der Waals surface area (Å²) < 4.78 is 5.38. The number of hydrogen-bond acceptors (Lipinski definition) is 4. The summed E-state index contributed by atoms with van der Waals surface area (Å²) in [6.45, 7) is 3.62. The van der Waals surface area contributed by atoms with Crippen molar-refractivity contribution >= 4 is 5.97 Å². The molecular formula is C17H26N2O2. The van der Waals surface area contributed by atoms with Gasteiger partial charge in [-0.2, -0.15) is 0 Å². The first-order chi connectivity index (χ1) is 10.1. The maximum absolute atomic E-state index is 12.1. The molecule has 2 atom stereocenters. The summed E-state index contributed by atoms with van der Waals surface area (Å²) in [5.74, 6) is 0.441. The van der Waals surface area contributed by atoms with E-state index in [1.807, 2.05) is 37.3 Å². The second-order valence-electron chi connectivity index (χ2n) is 6.07. The van der Waals surface area contributed by atoms with E-state index in [0.717, 1.165) is 5.56 Å². The van der Waals surface area contributed by atoms with Crippen molar-refractivity contribution in [1.82, 2.24) is 4.90 Å². The van der Waals surface area contributed by atoms with Gasteiger partial charge < -0.3 is 15.4 Å². The largest absolute Gasteiger partial charge is 0.461 e. The highest BCUT2D eigenvalue weighted by atomic mass is 16.5. The van der Waals surface area contributed by atoms with Crippen LogP contribution in [0.2, 0.25) is 0 Å². The molecule has 1 saturated carbocycles. The Hall–Kier alpha value is -1.39. The molecule has 116 valence electrons. The Balaban J connectivity index is 1.76. The first kappa shape index (κ1) is 16.0. The lowest BCUT2D eigenvalue weighted by molar-refractivity contribution is -0.150. The highest BCUT2D eigenvalue weighted by molar-refractivity contribution is 5.72. The summed E-state index contributed by atoms with van der Waals surface area (Å²) in [5.41, 5.74) is 6.86. The molecule has 0 heterocycles. The van der Waals surface area contributed by atoms with Gasteiger partial charge in [0.2, 0.25) is 0 Å². The molecule has 4 heteroatoms. The average Bonchev–Trinajstić information content (AvgIpc) is 3.31. The minimum Gasteiger partial charge on any atom is -0.461 e. The minimum absolute atomic E-state index is 0.133. The fraction of sp³-hybridized carbons (Fsp3) is 0.588. The van der Waals surface area contributed by atoms with E-state index in [2.05, 4.69) is 11.9 Å². The van der Waals surface area contributed by atoms with Crippen LogP contribution >= 0.6 is 0 Å². The molecule has 0 radical (unpaired) electrons. The molecular weight excluding hydrogens is 264 g/mol. The monoisotopic (exact) mass is 290 g/mol. The molecule has 0 saturated heterocycles. The van der Waals surface area contributed by atoms with E-state index in [-0.39, 0.29) is 11.9 Å². The van der Waals surface area contributed by atoms with Crippen LogP contribution in [0.25, 0.3) is 0 Å². The summed E-state index contributed by atoms with van der Waals surface area (Å²) in [7, 11) is 2.05. The fourth-order valence-electron chi connectivity index (χ4n) is 2.73. The number of esters is 1. The molecule has 0 amide bonds. The van der Waals surface area contributed by atoms with Crippen LogP contribution in [0.5, 0.6) is 0 Å². The molecule has 0 aromatic heterocycles. The average molecular weight is 290 g/mol. The van der Waals surface area contributed by atoms with Gasteiger partial charge in [-0.05, 0) is 31.4 Å². The van der Waals surface area contributed by atoms with E-state index < -0.39 is 0 Å². The smallest absolute Gasteiger partial charge is 0.310 e. The lowest BCUT2D eigenvalue weighted by Crippen LogP contribution is -2.43. The second kappa shape index (κ2) is 7.57. The fourth-order valence-corrected chi connectivity index (χ4v) is 2.73. The zero-order chi connectivity index (χ0) is 15.2. The number of hydrogen-bond donors (Lipinski definition) is 1. The molecule has 4 nitrogen and oxygen atoms in total. The first-order valence-electron chi connectivity index (χ1n) is 7.72. The SMILES string of the molecule is CC(CN(C)C(CN)C1CC1)C(=O)OCc1ccccc1. The number of benzene rings is 1. The minimum atomic E-state index is -0.141. The lowest BCUT2D eigenvalue weighted by atomic mass is 10.1. The van der Waals surface area contributed by atoms with E-state index in [4.69, 9.17) is 10.5 Å². The molecule has 0 bridgehead atoms. The molecule has 0 aliphatic heterocycles. The van der Waals surface area contributed by atoms with E-state index in [1.54, 1.807) is 0 Å². The van der Waals surface area contributed by atoms with Crippen LogP contribution in [0.3, 0.4) is 0 Å². The highest BCUT2D eigenvalue weighted by Crippen LogP contribution is 2.34. The third-order valence-corrected chi connectivity index (χ3v) is 4.16. The van der Waals surface area contributed by atoms with Gasteiger partial charge in [-0.3, -0.25) is 4.79 Å². The van der Waals surface area contributed by atoms with Gasteiger partial charge in [-0.1, -0.05) is 37.3 Å². The van der Waals surface area contributed by atoms with Gasteiger partial charge in [0.05, 0.1) is 5.92 Å². The van der Waals surface area contributed by atoms with Crippen molar-refractivity contribution in [3.63, 3.8) is 0 Å². The molecule has 1 aliphatic rings. The van der Waals surface area contributed by atoms with E-state index in [1.165, 1.54) is 12.8 Å². The standard InChI is InChI=1S/C17H26N2O2/c1-13(11-19(2)16(10-18)15-8-9-15)17(20)21-12-14-6-4-3-5-7-14/h3-7,13,15-16H,8-12,18H2,1-2H3. The van der Waals surface area contributed by atoms with Crippen LogP contribution in [0.15, 0.2) is 30.3 Å². The van der Waals surface area contributed by atoms with Gasteiger partial charge in [-0.15, -0.1) is 0 Å². The number of ether oxygens (including phenoxy) is 1. The predicted octanol–water partition coefficient (Wildman–Crippen LogP) is 2.03. The Morgan fingerprint density at radius 3 is 2.62 bits per heavy atom. The predicted molar refractivity (Wildman–Crippen MR) is 83.6 cm³/mol. The number of likely N-dealkylation sites (N-methyl/N-ethyl adjacent to an activating group) is 1. The van der Waals surface area contributed by atoms with Crippen LogP contribution in [0.1, 0.15) is 25.3 Å². The van der Waals surface area contributed by atoms with Crippen molar-refractivity contribution in [2.24, 2.45) is 17.6 Å². The summed E-state index contributed by atoms with van der Waals surface area (Å²) in [5, 5.41) is 0. The molecule has 0 spiro atoms. The van der Waals surface area contributed by atoms with Gasteiger partial charge >= 0.3 is 5.97 Å². The van der Waals surface area contributed by atoms with Gasteiger partial charge in [0.25, 0.3) is 0 Å². The van der Waals surface area contributed by atoms with E-state index in [9.17, 15) is 4.79 Å². The van der Waals surface area contributed by atoms with Crippen molar-refractivity contribution in [2.75, 3.05) is 20.1 Å². The lowest BCUT2D eigenvalue weighted by Gasteiger charge is -2.28. The van der Waals surface area contributed by atoms with Crippen LogP contribution in [-0.4, -0.2) is 37.0 Å². The Labute approximate surface area is 127 Å². The maximum Gasteiger partial charge on any atom is 0.310 e. The number of nitrogens with zero attached hydrogens (tertiary/aromatic N) is 1. The van der Waals surface area contributed by atoms with Gasteiger partial charge in [0.1, 0.15) is 6.61 Å². The van der Waals surface area contributed by atoms with Crippen LogP contribution in [-0.2, 0) is 16.1 Å². The summed E-state index contributed by atoms with van der Waals surface area (Å²) >= 11 is 0. The summed E-state index contributed by atoms with van der Waals surface area (Å²) in [4.78, 5) is 14.3. The Bertz CT molecular complexity index is 445. The Morgan fingerprint density at radius 1 is 1.38 bits per heavy atom. The highest BCUT2D eigenvalue weighted by Gasteiger charge is 2.33. The van der Waals surface area contributed by atoms with Crippen LogP contribution < -0.4 is 5.73 Å². The maximum atomic E-state index is 12.1. The van der Waals surface area contributed by atoms with E-state index >= 15 is 0 Å². The molecule has 2 rings (SSSR count). The van der Waals surface area contributed by atoms with Crippen molar-refractivity contribution in [2.45, 2.75) is 32.4 Å². The topological polar surface area (TPSA) is 55.6 Å². The molecule has 1 fully saturated rings. The van der Waals surface area contributed by atoms with Crippen molar-refractivity contribution in [1.29, 1.82) is 0 Å². The van der Waals surface area contributed by atoms with Crippen molar-refractivity contribution in [3.8, 4) is 0 Å². The normalized spacial score (nSPS) is 17.5. The zero-order valence-electron chi connectivity index (χ0n) is 13.0. The zero-order valence-corrected chi connectivity index (χ0v) is 13.0. The van der Waals surface area contributed by atoms with Crippen LogP contribution in [0, 0.1) is 11.8 Å². The number of rotatable bonds is 8. The van der Waals surface area contributed by atoms with Gasteiger partial charge in [-0.25, -0.2) is 0 Å². The first-order valence-corrected chi connectivity index (χ1v) is 7.72. The summed E-state index contributed by atoms with van der Waals surface area (Å²) in [6, 6.07) is 10.2. The Kier molecular flexibility index (Phi) is 5.76. The second-order valence-corrected chi connectivity index (χ2v) is 6.07. The molecule has 2 unspecified atom stereocenters. The molecule has 1 aliphatic carbocycles. The number of carbonyl (C=O) groups excluding carboxylic acids is 1. The van der Waals surface area contributed by atoms with Crippen LogP contribution in [0.4, 0.5) is 0 Å². The third-order valence-electron chi connectivity index (χ3n) is 4.16. The quantitative estimate of drug-likeness (QED) is 0.744. The third kappa shape index (κ3) is 4.83. The summed E-state index contributed by atoms with van der Waals surface area (Å²) in [6.07, 6.45) is 2.53. The van der Waals surface area contributed by atoms with Crippen molar-refractivity contribution in [3.05, 3.63) is 35.9 Å². The number of carbonyl (C=O) groups is 1.